The molecule has 0 aliphatic carbocycles. The van der Waals surface area contributed by atoms with Crippen molar-refractivity contribution in [3.8, 4) is 11.4 Å². The highest BCUT2D eigenvalue weighted by Gasteiger charge is 2.19. The quantitative estimate of drug-likeness (QED) is 0.194. The van der Waals surface area contributed by atoms with E-state index in [1.807, 2.05) is 47.0 Å². The van der Waals surface area contributed by atoms with E-state index in [1.165, 1.54) is 29.9 Å². The first-order chi connectivity index (χ1) is 20.9. The fourth-order valence-electron chi connectivity index (χ4n) is 4.44. The van der Waals surface area contributed by atoms with Crippen LogP contribution in [0.1, 0.15) is 51.8 Å². The lowest BCUT2D eigenvalue weighted by Crippen LogP contribution is -2.44. The predicted molar refractivity (Wildman–Crippen MR) is 191 cm³/mol. The number of allylic oxidation sites excluding steroid dienone is 2. The van der Waals surface area contributed by atoms with Gasteiger partial charge in [0, 0.05) is 75.2 Å². The normalized spacial score (nSPS) is 14.2. The number of nitrogens with zero attached hydrogens (tertiary/aromatic N) is 6. The van der Waals surface area contributed by atoms with Crippen LogP contribution >= 0.6 is 0 Å². The predicted octanol–water partition coefficient (Wildman–Crippen LogP) is 6.40. The first-order valence-corrected chi connectivity index (χ1v) is 16.2. The number of nitrogens with one attached hydrogen (secondary N) is 1. The van der Waals surface area contributed by atoms with Gasteiger partial charge in [-0.2, -0.15) is 0 Å². The molecular weight excluding hydrogens is 530 g/mol. The smallest absolute Gasteiger partial charge is 0.159 e. The maximum absolute atomic E-state index is 4.87. The third-order valence-electron chi connectivity index (χ3n) is 6.86. The molecule has 0 atom stereocenters. The third kappa shape index (κ3) is 16.6. The van der Waals surface area contributed by atoms with Gasteiger partial charge >= 0.3 is 0 Å². The molecule has 1 aromatic heterocycles. The molecule has 2 aliphatic rings. The highest BCUT2D eigenvalue weighted by molar-refractivity contribution is 5.61. The summed E-state index contributed by atoms with van der Waals surface area (Å²) in [5, 5.41) is 3.10. The van der Waals surface area contributed by atoms with Crippen LogP contribution in [0.4, 0.5) is 5.69 Å². The Bertz CT molecular complexity index is 974. The minimum atomic E-state index is 0.846. The molecule has 1 saturated heterocycles. The van der Waals surface area contributed by atoms with Crippen LogP contribution in [0.5, 0.6) is 0 Å². The fourth-order valence-corrected chi connectivity index (χ4v) is 4.44. The molecule has 3 heterocycles. The minimum absolute atomic E-state index is 0.846. The summed E-state index contributed by atoms with van der Waals surface area (Å²) in [6.45, 7) is 28.4. The van der Waals surface area contributed by atoms with Gasteiger partial charge in [0.15, 0.2) is 5.82 Å². The largest absolute Gasteiger partial charge is 0.369 e. The topological polar surface area (TPSA) is 50.8 Å². The van der Waals surface area contributed by atoms with E-state index in [0.29, 0.717) is 0 Å². The van der Waals surface area contributed by atoms with E-state index in [1.54, 1.807) is 12.2 Å². The van der Waals surface area contributed by atoms with Crippen molar-refractivity contribution < 1.29 is 0 Å². The molecule has 0 spiro atoms. The van der Waals surface area contributed by atoms with E-state index in [0.717, 1.165) is 76.6 Å². The number of benzene rings is 1. The molecule has 7 nitrogen and oxygen atoms in total. The number of hydrogen-bond donors (Lipinski definition) is 1. The molecule has 1 aromatic carbocycles. The number of anilines is 1. The van der Waals surface area contributed by atoms with Crippen LogP contribution in [0.25, 0.3) is 11.4 Å². The zero-order valence-electron chi connectivity index (χ0n) is 28.9. The van der Waals surface area contributed by atoms with Gasteiger partial charge < -0.3 is 20.0 Å². The van der Waals surface area contributed by atoms with Gasteiger partial charge in [-0.05, 0) is 78.4 Å². The van der Waals surface area contributed by atoms with Gasteiger partial charge in [0.1, 0.15) is 0 Å². The lowest BCUT2D eigenvalue weighted by molar-refractivity contribution is 0.256. The summed E-state index contributed by atoms with van der Waals surface area (Å²) in [6, 6.07) is 8.74. The summed E-state index contributed by atoms with van der Waals surface area (Å²) in [4.78, 5) is 19.0. The first kappa shape index (κ1) is 40.2. The van der Waals surface area contributed by atoms with Crippen LogP contribution in [0.2, 0.25) is 0 Å². The lowest BCUT2D eigenvalue weighted by atomic mass is 10.1. The zero-order chi connectivity index (χ0) is 32.5. The molecule has 0 unspecified atom stereocenters. The van der Waals surface area contributed by atoms with Gasteiger partial charge in [-0.3, -0.25) is 4.90 Å². The summed E-state index contributed by atoms with van der Waals surface area (Å²) in [6.07, 6.45) is 10.6. The van der Waals surface area contributed by atoms with E-state index in [2.05, 4.69) is 95.0 Å². The van der Waals surface area contributed by atoms with Gasteiger partial charge in [-0.1, -0.05) is 59.1 Å². The van der Waals surface area contributed by atoms with E-state index < -0.39 is 0 Å². The average molecular weight is 594 g/mol. The molecule has 0 radical (unpaired) electrons. The minimum Gasteiger partial charge on any atom is -0.369 e. The number of hydrogen-bond acceptors (Lipinski definition) is 7. The van der Waals surface area contributed by atoms with Gasteiger partial charge in [0.25, 0.3) is 0 Å². The van der Waals surface area contributed by atoms with Crippen LogP contribution in [-0.2, 0) is 13.0 Å². The molecule has 242 valence electrons. The number of fused-ring (bicyclic) bond motifs is 1. The van der Waals surface area contributed by atoms with Crippen molar-refractivity contribution in [1.29, 1.82) is 0 Å². The molecule has 0 saturated carbocycles. The Kier molecular flexibility index (Phi) is 23.9. The maximum Gasteiger partial charge on any atom is 0.159 e. The SMILES string of the molecule is C=CC=C.C=CCCN1CCc2nc(-c3ccc(N4CCN(C)CC4)cc3)ncc2C1.CC.CC.CNCCCN(C)C. The van der Waals surface area contributed by atoms with Crippen molar-refractivity contribution >= 4 is 5.69 Å². The summed E-state index contributed by atoms with van der Waals surface area (Å²) < 4.78 is 0. The number of rotatable bonds is 10. The van der Waals surface area contributed by atoms with E-state index in [9.17, 15) is 0 Å². The van der Waals surface area contributed by atoms with Crippen molar-refractivity contribution in [3.05, 3.63) is 79.7 Å². The lowest BCUT2D eigenvalue weighted by Gasteiger charge is -2.34. The Labute approximate surface area is 265 Å². The molecule has 1 N–H and O–H groups in total. The van der Waals surface area contributed by atoms with Crippen molar-refractivity contribution in [3.63, 3.8) is 0 Å². The molecule has 0 amide bonds. The Morgan fingerprint density at radius 2 is 1.56 bits per heavy atom. The van der Waals surface area contributed by atoms with Crippen LogP contribution < -0.4 is 10.2 Å². The zero-order valence-corrected chi connectivity index (χ0v) is 28.9. The van der Waals surface area contributed by atoms with Crippen molar-refractivity contribution in [2.24, 2.45) is 0 Å². The number of aromatic nitrogens is 2. The molecule has 0 bridgehead atoms. The van der Waals surface area contributed by atoms with E-state index in [-0.39, 0.29) is 0 Å². The molecule has 2 aromatic rings. The Morgan fingerprint density at radius 1 is 0.930 bits per heavy atom. The molecule has 4 rings (SSSR count). The highest BCUT2D eigenvalue weighted by Crippen LogP contribution is 2.24. The Hall–Kier alpha value is -2.84. The van der Waals surface area contributed by atoms with Crippen LogP contribution in [0, 0.1) is 0 Å². The number of piperazine rings is 1. The molecule has 43 heavy (non-hydrogen) atoms. The summed E-state index contributed by atoms with van der Waals surface area (Å²) in [5.41, 5.74) is 4.87. The Balaban J connectivity index is 0.000000924. The van der Waals surface area contributed by atoms with Crippen molar-refractivity contribution in [2.75, 3.05) is 85.4 Å². The second kappa shape index (κ2) is 25.6. The monoisotopic (exact) mass is 594 g/mol. The van der Waals surface area contributed by atoms with Crippen molar-refractivity contribution in [2.45, 2.75) is 53.5 Å². The van der Waals surface area contributed by atoms with Crippen LogP contribution in [0.15, 0.2) is 68.4 Å². The maximum atomic E-state index is 4.87. The van der Waals surface area contributed by atoms with Crippen LogP contribution in [-0.4, -0.2) is 105 Å². The van der Waals surface area contributed by atoms with Gasteiger partial charge in [0.05, 0.1) is 5.69 Å². The number of likely N-dealkylation sites (N-methyl/N-ethyl adjacent to an activating group) is 1. The second-order valence-electron chi connectivity index (χ2n) is 10.3. The standard InChI is InChI=1S/C22H29N5.C6H16N2.C4H6.2C2H6/c1-3-4-10-26-11-9-21-19(17-26)16-23-22(24-21)18-5-7-20(8-6-18)27-14-12-25(2)13-15-27;1-7-5-4-6-8(2)3;1-3-4-2;2*1-2/h3,5-8,16H,1,4,9-15,17H2,2H3;7H,4-6H2,1-3H3;3-4H,1-2H2;2*1-2H3. The Morgan fingerprint density at radius 3 is 2.09 bits per heavy atom. The summed E-state index contributed by atoms with van der Waals surface area (Å²) in [5.74, 6) is 0.846. The van der Waals surface area contributed by atoms with Gasteiger partial charge in [0.2, 0.25) is 0 Å². The van der Waals surface area contributed by atoms with Crippen LogP contribution in [0.3, 0.4) is 0 Å². The van der Waals surface area contributed by atoms with Crippen molar-refractivity contribution in [1.82, 2.24) is 30.0 Å². The first-order valence-electron chi connectivity index (χ1n) is 16.2. The summed E-state index contributed by atoms with van der Waals surface area (Å²) in [7, 11) is 8.35. The second-order valence-corrected chi connectivity index (χ2v) is 10.3. The summed E-state index contributed by atoms with van der Waals surface area (Å²) >= 11 is 0. The molecule has 2 aliphatic heterocycles. The van der Waals surface area contributed by atoms with Gasteiger partial charge in [-0.25, -0.2) is 9.97 Å². The molecule has 7 heteroatoms. The van der Waals surface area contributed by atoms with Gasteiger partial charge in [-0.15, -0.1) is 6.58 Å². The third-order valence-corrected chi connectivity index (χ3v) is 6.86. The molecule has 1 fully saturated rings. The highest BCUT2D eigenvalue weighted by atomic mass is 15.2. The van der Waals surface area contributed by atoms with E-state index >= 15 is 0 Å². The molecular formula is C36H63N7. The van der Waals surface area contributed by atoms with E-state index in [4.69, 9.17) is 4.98 Å². The average Bonchev–Trinajstić information content (AvgIpc) is 3.06. The fraction of sp³-hybridized carbons (Fsp3) is 0.556.